The van der Waals surface area contributed by atoms with Crippen molar-refractivity contribution < 1.29 is 0 Å². The number of aromatic nitrogens is 6. The summed E-state index contributed by atoms with van der Waals surface area (Å²) in [4.78, 5) is 91.0. The first-order valence-corrected chi connectivity index (χ1v) is 10.7. The second-order valence-electron chi connectivity index (χ2n) is 8.53. The average molecular weight is 480 g/mol. The minimum Gasteiger partial charge on any atom is -0.350 e. The van der Waals surface area contributed by atoms with Gasteiger partial charge in [-0.05, 0) is 0 Å². The van der Waals surface area contributed by atoms with Crippen molar-refractivity contribution in [2.45, 2.75) is 0 Å². The van der Waals surface area contributed by atoms with Crippen LogP contribution in [0.5, 0.6) is 0 Å². The fourth-order valence-corrected chi connectivity index (χ4v) is 4.61. The topological polar surface area (TPSA) is 197 Å². The van der Waals surface area contributed by atoms with E-state index in [1.165, 1.54) is 36.4 Å². The van der Waals surface area contributed by atoms with Gasteiger partial charge in [-0.1, -0.05) is 0 Å². The first kappa shape index (κ1) is 19.9. The number of H-pyrrole nitrogens is 6. The lowest BCUT2D eigenvalue weighted by atomic mass is 10.1. The molecule has 0 atom stereocenters. The van der Waals surface area contributed by atoms with Gasteiger partial charge in [0.1, 0.15) is 0 Å². The van der Waals surface area contributed by atoms with Crippen LogP contribution < -0.4 is 32.6 Å². The van der Waals surface area contributed by atoms with Gasteiger partial charge >= 0.3 is 0 Å². The second kappa shape index (κ2) is 6.54. The molecular formula is C24H12N6O6. The smallest absolute Gasteiger partial charge is 0.227 e. The van der Waals surface area contributed by atoms with Gasteiger partial charge in [-0.3, -0.25) is 28.8 Å². The molecule has 0 aliphatic heterocycles. The number of fused-ring (bicyclic) bond motifs is 9. The predicted octanol–water partition coefficient (Wildman–Crippen LogP) is 0.736. The standard InChI is InChI=1S/C24H12N6O6/c31-13-1-7-8(2-14(13)32)26-20-19(25-7)21-23(29-10-4-16(34)15(33)3-9(10)27-21)24-22(20)28-11-5-17(35)18(36)6-12(11)30-24/h1-6,25-30H. The molecule has 7 aromatic rings. The van der Waals surface area contributed by atoms with Crippen LogP contribution in [-0.2, 0) is 0 Å². The Morgan fingerprint density at radius 1 is 0.278 bits per heavy atom. The maximum absolute atomic E-state index is 12.0. The van der Waals surface area contributed by atoms with E-state index in [1.807, 2.05) is 0 Å². The zero-order valence-electron chi connectivity index (χ0n) is 17.9. The second-order valence-corrected chi connectivity index (χ2v) is 8.53. The lowest BCUT2D eigenvalue weighted by Gasteiger charge is -2.14. The van der Waals surface area contributed by atoms with Gasteiger partial charge in [-0.25, -0.2) is 0 Å². The molecule has 174 valence electrons. The molecule has 0 saturated carbocycles. The van der Waals surface area contributed by atoms with Crippen LogP contribution in [0.2, 0.25) is 0 Å². The largest absolute Gasteiger partial charge is 0.350 e. The van der Waals surface area contributed by atoms with Gasteiger partial charge < -0.3 is 29.9 Å². The van der Waals surface area contributed by atoms with Gasteiger partial charge in [0, 0.05) is 36.4 Å². The molecule has 0 fully saturated rings. The van der Waals surface area contributed by atoms with Crippen LogP contribution in [0.25, 0.3) is 66.2 Å². The SMILES string of the molecule is O=c1cc2[nH]c3c4[nH]c5cc(=O)c(=O)cc5[nH]c4c4[nH]c5cc(=O)c(=O)cc5[nH]c4c3[nH]c2cc1=O. The van der Waals surface area contributed by atoms with Crippen molar-refractivity contribution >= 4 is 66.2 Å². The number of hydrogen-bond acceptors (Lipinski definition) is 6. The summed E-state index contributed by atoms with van der Waals surface area (Å²) in [6.45, 7) is 0. The Morgan fingerprint density at radius 3 is 0.556 bits per heavy atom. The lowest BCUT2D eigenvalue weighted by Crippen LogP contribution is -2.22. The highest BCUT2D eigenvalue weighted by Gasteiger charge is 2.16. The molecule has 0 radical (unpaired) electrons. The normalized spacial score (nSPS) is 12.0. The number of rotatable bonds is 0. The quantitative estimate of drug-likeness (QED) is 0.105. The number of benzene rings is 4. The monoisotopic (exact) mass is 480 g/mol. The zero-order valence-corrected chi connectivity index (χ0v) is 17.9. The molecule has 12 heteroatoms. The van der Waals surface area contributed by atoms with Gasteiger partial charge in [0.05, 0.1) is 66.2 Å². The van der Waals surface area contributed by atoms with Crippen molar-refractivity contribution in [3.8, 4) is 0 Å². The molecule has 4 aromatic carbocycles. The molecule has 0 aliphatic rings. The molecule has 7 rings (SSSR count). The zero-order chi connectivity index (χ0) is 24.9. The summed E-state index contributed by atoms with van der Waals surface area (Å²) in [5.41, 5.74) is 0.882. The van der Waals surface area contributed by atoms with Crippen molar-refractivity contribution in [2.75, 3.05) is 0 Å². The summed E-state index contributed by atoms with van der Waals surface area (Å²) >= 11 is 0. The number of aromatic amines is 6. The van der Waals surface area contributed by atoms with Gasteiger partial charge in [0.2, 0.25) is 32.6 Å². The molecule has 0 spiro atoms. The van der Waals surface area contributed by atoms with E-state index in [1.54, 1.807) is 0 Å². The summed E-state index contributed by atoms with van der Waals surface area (Å²) < 4.78 is 0. The number of hydrogen-bond donors (Lipinski definition) is 6. The molecule has 12 nitrogen and oxygen atoms in total. The summed E-state index contributed by atoms with van der Waals surface area (Å²) in [5.74, 6) is 0. The fourth-order valence-electron chi connectivity index (χ4n) is 4.61. The minimum atomic E-state index is -0.682. The highest BCUT2D eigenvalue weighted by atomic mass is 16.2. The Kier molecular flexibility index (Phi) is 3.61. The van der Waals surface area contributed by atoms with Gasteiger partial charge in [-0.2, -0.15) is 0 Å². The van der Waals surface area contributed by atoms with Crippen LogP contribution in [-0.4, -0.2) is 29.9 Å². The summed E-state index contributed by atoms with van der Waals surface area (Å²) in [6, 6.07) is 7.10. The maximum atomic E-state index is 12.0. The Labute approximate surface area is 194 Å². The van der Waals surface area contributed by atoms with Gasteiger partial charge in [0.25, 0.3) is 0 Å². The Balaban J connectivity index is 1.82. The van der Waals surface area contributed by atoms with E-state index in [-0.39, 0.29) is 0 Å². The van der Waals surface area contributed by atoms with Crippen molar-refractivity contribution in [3.63, 3.8) is 0 Å². The third-order valence-electron chi connectivity index (χ3n) is 6.31. The van der Waals surface area contributed by atoms with Crippen LogP contribution in [0.4, 0.5) is 0 Å². The van der Waals surface area contributed by atoms with E-state index >= 15 is 0 Å². The highest BCUT2D eigenvalue weighted by Crippen LogP contribution is 2.31. The maximum Gasteiger partial charge on any atom is 0.227 e. The Bertz CT molecular complexity index is 2030. The highest BCUT2D eigenvalue weighted by molar-refractivity contribution is 6.20. The van der Waals surface area contributed by atoms with E-state index in [2.05, 4.69) is 29.9 Å². The lowest BCUT2D eigenvalue weighted by molar-refractivity contribution is 1.32. The summed E-state index contributed by atoms with van der Waals surface area (Å²) in [6.07, 6.45) is 0. The fraction of sp³-hybridized carbons (Fsp3) is 0. The summed E-state index contributed by atoms with van der Waals surface area (Å²) in [7, 11) is 0. The minimum absolute atomic E-state index is 0.364. The van der Waals surface area contributed by atoms with Crippen LogP contribution >= 0.6 is 0 Å². The number of nitrogens with one attached hydrogen (secondary N) is 6. The molecule has 6 N–H and O–H groups in total. The van der Waals surface area contributed by atoms with Crippen LogP contribution in [0.15, 0.2) is 65.2 Å². The van der Waals surface area contributed by atoms with Crippen LogP contribution in [0.1, 0.15) is 0 Å². The third-order valence-corrected chi connectivity index (χ3v) is 6.31. The van der Waals surface area contributed by atoms with E-state index in [0.29, 0.717) is 66.2 Å². The van der Waals surface area contributed by atoms with Crippen molar-refractivity contribution in [3.05, 3.63) is 97.7 Å². The molecule has 0 saturated heterocycles. The molecule has 0 unspecified atom stereocenters. The molecule has 3 aromatic heterocycles. The summed E-state index contributed by atoms with van der Waals surface area (Å²) in [5, 5.41) is 0. The molecule has 36 heavy (non-hydrogen) atoms. The first-order valence-electron chi connectivity index (χ1n) is 10.7. The van der Waals surface area contributed by atoms with Crippen molar-refractivity contribution in [1.29, 1.82) is 0 Å². The van der Waals surface area contributed by atoms with E-state index in [9.17, 15) is 28.8 Å². The van der Waals surface area contributed by atoms with E-state index < -0.39 is 32.6 Å². The first-order chi connectivity index (χ1) is 17.3. The van der Waals surface area contributed by atoms with Crippen LogP contribution in [0.3, 0.4) is 0 Å². The predicted molar refractivity (Wildman–Crippen MR) is 135 cm³/mol. The van der Waals surface area contributed by atoms with Crippen LogP contribution in [0, 0.1) is 0 Å². The van der Waals surface area contributed by atoms with E-state index in [4.69, 9.17) is 0 Å². The van der Waals surface area contributed by atoms with Crippen molar-refractivity contribution in [1.82, 2.24) is 29.9 Å². The third kappa shape index (κ3) is 2.63. The van der Waals surface area contributed by atoms with Gasteiger partial charge in [0.15, 0.2) is 0 Å². The molecule has 3 heterocycles. The van der Waals surface area contributed by atoms with Crippen molar-refractivity contribution in [2.24, 2.45) is 0 Å². The van der Waals surface area contributed by atoms with Gasteiger partial charge in [-0.15, -0.1) is 0 Å². The Morgan fingerprint density at radius 2 is 0.417 bits per heavy atom. The molecule has 0 bridgehead atoms. The Hall–Kier alpha value is -5.52. The molecular weight excluding hydrogens is 468 g/mol. The average Bonchev–Trinajstić information content (AvgIpc) is 2.84. The molecule has 0 aliphatic carbocycles. The van der Waals surface area contributed by atoms with E-state index in [0.717, 1.165) is 0 Å². The molecule has 0 amide bonds.